The first-order chi connectivity index (χ1) is 14.6. The lowest BCUT2D eigenvalue weighted by Gasteiger charge is -2.16. The SMILES string of the molecule is COc1ccc(CCn2c(C(C)Oc3ccc4c(c3)CCC4)n[nH]c2=S)cc1OC. The maximum Gasteiger partial charge on any atom is 0.195 e. The van der Waals surface area contributed by atoms with Gasteiger partial charge in [0.2, 0.25) is 0 Å². The van der Waals surface area contributed by atoms with E-state index in [0.29, 0.717) is 11.3 Å². The third kappa shape index (κ3) is 4.21. The predicted octanol–water partition coefficient (Wildman–Crippen LogP) is 4.83. The van der Waals surface area contributed by atoms with E-state index in [-0.39, 0.29) is 6.10 Å². The lowest BCUT2D eigenvalue weighted by molar-refractivity contribution is 0.210. The second-order valence-corrected chi connectivity index (χ2v) is 7.91. The van der Waals surface area contributed by atoms with Crippen LogP contribution >= 0.6 is 12.2 Å². The first-order valence-corrected chi connectivity index (χ1v) is 10.6. The Bertz CT molecular complexity index is 1090. The lowest BCUT2D eigenvalue weighted by Crippen LogP contribution is -2.13. The second kappa shape index (κ2) is 8.92. The van der Waals surface area contributed by atoms with Crippen LogP contribution in [0.2, 0.25) is 0 Å². The molecular formula is C23H27N3O3S. The quantitative estimate of drug-likeness (QED) is 0.524. The zero-order chi connectivity index (χ0) is 21.1. The zero-order valence-electron chi connectivity index (χ0n) is 17.6. The van der Waals surface area contributed by atoms with Gasteiger partial charge < -0.3 is 18.8 Å². The first-order valence-electron chi connectivity index (χ1n) is 10.2. The number of nitrogens with zero attached hydrogens (tertiary/aromatic N) is 2. The van der Waals surface area contributed by atoms with E-state index in [1.165, 1.54) is 24.0 Å². The van der Waals surface area contributed by atoms with Crippen LogP contribution in [0, 0.1) is 4.77 Å². The lowest BCUT2D eigenvalue weighted by atomic mass is 10.1. The number of rotatable bonds is 8. The topological polar surface area (TPSA) is 61.3 Å². The summed E-state index contributed by atoms with van der Waals surface area (Å²) in [5.41, 5.74) is 3.97. The van der Waals surface area contributed by atoms with E-state index in [0.717, 1.165) is 41.5 Å². The van der Waals surface area contributed by atoms with E-state index in [1.54, 1.807) is 14.2 Å². The summed E-state index contributed by atoms with van der Waals surface area (Å²) in [7, 11) is 3.28. The molecule has 1 atom stereocenters. The molecule has 0 amide bonds. The summed E-state index contributed by atoms with van der Waals surface area (Å²) in [5, 5.41) is 7.35. The number of ether oxygens (including phenoxy) is 3. The number of hydrogen-bond donors (Lipinski definition) is 1. The molecule has 4 rings (SSSR count). The van der Waals surface area contributed by atoms with Gasteiger partial charge in [0.25, 0.3) is 0 Å². The Labute approximate surface area is 181 Å². The number of fused-ring (bicyclic) bond motifs is 1. The van der Waals surface area contributed by atoms with Crippen molar-refractivity contribution in [2.45, 2.75) is 45.3 Å². The summed E-state index contributed by atoms with van der Waals surface area (Å²) < 4.78 is 19.5. The van der Waals surface area contributed by atoms with Gasteiger partial charge in [0, 0.05) is 6.54 Å². The van der Waals surface area contributed by atoms with Crippen LogP contribution in [0.4, 0.5) is 0 Å². The highest BCUT2D eigenvalue weighted by atomic mass is 32.1. The molecule has 1 aliphatic carbocycles. The number of aryl methyl sites for hydroxylation is 3. The van der Waals surface area contributed by atoms with Crippen LogP contribution in [-0.4, -0.2) is 29.0 Å². The molecule has 3 aromatic rings. The standard InChI is InChI=1S/C23H27N3O3S/c1-15(29-19-9-8-17-5-4-6-18(17)14-19)22-24-25-23(30)26(22)12-11-16-7-10-20(27-2)21(13-16)28-3/h7-10,13-15H,4-6,11-12H2,1-3H3,(H,25,30). The van der Waals surface area contributed by atoms with Crippen LogP contribution in [0.1, 0.15) is 42.0 Å². The van der Waals surface area contributed by atoms with Gasteiger partial charge in [-0.15, -0.1) is 0 Å². The average molecular weight is 426 g/mol. The van der Waals surface area contributed by atoms with Crippen molar-refractivity contribution in [3.63, 3.8) is 0 Å². The molecule has 0 radical (unpaired) electrons. The Balaban J connectivity index is 1.48. The van der Waals surface area contributed by atoms with Crippen molar-refractivity contribution in [2.24, 2.45) is 0 Å². The van der Waals surface area contributed by atoms with E-state index < -0.39 is 0 Å². The summed E-state index contributed by atoms with van der Waals surface area (Å²) in [4.78, 5) is 0. The highest BCUT2D eigenvalue weighted by molar-refractivity contribution is 7.71. The number of benzene rings is 2. The van der Waals surface area contributed by atoms with Crippen LogP contribution in [0.15, 0.2) is 36.4 Å². The van der Waals surface area contributed by atoms with Gasteiger partial charge in [-0.05, 0) is 85.8 Å². The molecule has 0 spiro atoms. The van der Waals surface area contributed by atoms with Gasteiger partial charge in [0.05, 0.1) is 14.2 Å². The molecule has 1 aliphatic rings. The number of H-pyrrole nitrogens is 1. The van der Waals surface area contributed by atoms with E-state index >= 15 is 0 Å². The molecule has 0 saturated heterocycles. The van der Waals surface area contributed by atoms with E-state index in [2.05, 4.69) is 28.4 Å². The van der Waals surface area contributed by atoms with Crippen LogP contribution < -0.4 is 14.2 Å². The molecule has 0 aliphatic heterocycles. The summed E-state index contributed by atoms with van der Waals surface area (Å²) in [6.07, 6.45) is 4.09. The smallest absolute Gasteiger partial charge is 0.195 e. The Morgan fingerprint density at radius 3 is 2.67 bits per heavy atom. The fourth-order valence-corrected chi connectivity index (χ4v) is 4.24. The Kier molecular flexibility index (Phi) is 6.08. The van der Waals surface area contributed by atoms with Gasteiger partial charge in [0.15, 0.2) is 28.2 Å². The summed E-state index contributed by atoms with van der Waals surface area (Å²) >= 11 is 5.47. The fourth-order valence-electron chi connectivity index (χ4n) is 4.01. The van der Waals surface area contributed by atoms with Crippen molar-refractivity contribution in [1.82, 2.24) is 14.8 Å². The number of methoxy groups -OCH3 is 2. The van der Waals surface area contributed by atoms with Crippen LogP contribution in [0.25, 0.3) is 0 Å². The molecule has 2 aromatic carbocycles. The minimum absolute atomic E-state index is 0.220. The van der Waals surface area contributed by atoms with Crippen LogP contribution in [0.5, 0.6) is 17.2 Å². The number of aromatic amines is 1. The summed E-state index contributed by atoms with van der Waals surface area (Å²) in [6, 6.07) is 12.3. The minimum atomic E-state index is -0.220. The molecule has 7 heteroatoms. The van der Waals surface area contributed by atoms with Crippen molar-refractivity contribution >= 4 is 12.2 Å². The van der Waals surface area contributed by atoms with Crippen molar-refractivity contribution in [3.8, 4) is 17.2 Å². The molecule has 0 fully saturated rings. The Morgan fingerprint density at radius 2 is 1.87 bits per heavy atom. The van der Waals surface area contributed by atoms with E-state index in [1.807, 2.05) is 29.7 Å². The summed E-state index contributed by atoms with van der Waals surface area (Å²) in [5.74, 6) is 3.11. The summed E-state index contributed by atoms with van der Waals surface area (Å²) in [6.45, 7) is 2.70. The van der Waals surface area contributed by atoms with Crippen molar-refractivity contribution in [1.29, 1.82) is 0 Å². The Morgan fingerprint density at radius 1 is 1.07 bits per heavy atom. The molecule has 158 valence electrons. The highest BCUT2D eigenvalue weighted by Gasteiger charge is 2.18. The molecule has 1 N–H and O–H groups in total. The van der Waals surface area contributed by atoms with Crippen LogP contribution in [0.3, 0.4) is 0 Å². The van der Waals surface area contributed by atoms with Crippen LogP contribution in [-0.2, 0) is 25.8 Å². The molecular weight excluding hydrogens is 398 g/mol. The highest BCUT2D eigenvalue weighted by Crippen LogP contribution is 2.29. The molecule has 1 aromatic heterocycles. The number of nitrogens with one attached hydrogen (secondary N) is 1. The van der Waals surface area contributed by atoms with Gasteiger partial charge in [-0.1, -0.05) is 12.1 Å². The third-order valence-corrected chi connectivity index (χ3v) is 5.92. The maximum atomic E-state index is 6.21. The van der Waals surface area contributed by atoms with Gasteiger partial charge in [-0.25, -0.2) is 0 Å². The van der Waals surface area contributed by atoms with Crippen molar-refractivity contribution < 1.29 is 14.2 Å². The predicted molar refractivity (Wildman–Crippen MR) is 118 cm³/mol. The molecule has 0 bridgehead atoms. The Hall–Kier alpha value is -2.80. The molecule has 1 unspecified atom stereocenters. The normalized spacial score (nSPS) is 13.7. The third-order valence-electron chi connectivity index (χ3n) is 5.61. The maximum absolute atomic E-state index is 6.21. The van der Waals surface area contributed by atoms with E-state index in [4.69, 9.17) is 26.4 Å². The molecule has 0 saturated carbocycles. The number of hydrogen-bond acceptors (Lipinski definition) is 5. The van der Waals surface area contributed by atoms with Gasteiger partial charge in [-0.2, -0.15) is 5.10 Å². The molecule has 1 heterocycles. The number of aromatic nitrogens is 3. The zero-order valence-corrected chi connectivity index (χ0v) is 18.4. The molecule has 6 nitrogen and oxygen atoms in total. The van der Waals surface area contributed by atoms with Gasteiger partial charge in [-0.3, -0.25) is 5.10 Å². The fraction of sp³-hybridized carbons (Fsp3) is 0.391. The average Bonchev–Trinajstić information content (AvgIpc) is 3.37. The minimum Gasteiger partial charge on any atom is -0.493 e. The van der Waals surface area contributed by atoms with E-state index in [9.17, 15) is 0 Å². The van der Waals surface area contributed by atoms with Crippen molar-refractivity contribution in [2.75, 3.05) is 14.2 Å². The van der Waals surface area contributed by atoms with Gasteiger partial charge >= 0.3 is 0 Å². The first kappa shape index (κ1) is 20.5. The second-order valence-electron chi connectivity index (χ2n) is 7.52. The largest absolute Gasteiger partial charge is 0.493 e. The molecule has 30 heavy (non-hydrogen) atoms. The van der Waals surface area contributed by atoms with Crippen molar-refractivity contribution in [3.05, 3.63) is 63.7 Å². The monoisotopic (exact) mass is 425 g/mol. The van der Waals surface area contributed by atoms with Gasteiger partial charge in [0.1, 0.15) is 5.75 Å².